The zero-order valence-electron chi connectivity index (χ0n) is 33.9. The van der Waals surface area contributed by atoms with Crippen molar-refractivity contribution >= 4 is 21.9 Å². The number of hydrogen-bond donors (Lipinski definition) is 0. The van der Waals surface area contributed by atoms with Crippen LogP contribution in [0.4, 0.5) is 0 Å². The molecule has 12 nitrogen and oxygen atoms in total. The molecule has 8 aromatic rings. The summed E-state index contributed by atoms with van der Waals surface area (Å²) in [5, 5.41) is 9.84. The van der Waals surface area contributed by atoms with Crippen molar-refractivity contribution in [3.63, 3.8) is 0 Å². The summed E-state index contributed by atoms with van der Waals surface area (Å²) in [6.07, 6.45) is 1.94. The second kappa shape index (κ2) is 19.9. The quantitative estimate of drug-likeness (QED) is 0.0688. The Labute approximate surface area is 352 Å². The lowest BCUT2D eigenvalue weighted by molar-refractivity contribution is 0.0333. The lowest BCUT2D eigenvalue weighted by Crippen LogP contribution is -2.28. The van der Waals surface area contributed by atoms with Gasteiger partial charge in [0.1, 0.15) is 47.4 Å². The fraction of sp³-hybridized carbons (Fsp3) is 0.224. The van der Waals surface area contributed by atoms with Gasteiger partial charge in [-0.1, -0.05) is 77.5 Å². The molecule has 0 saturated carbocycles. The van der Waals surface area contributed by atoms with Gasteiger partial charge in [0.2, 0.25) is 0 Å². The van der Waals surface area contributed by atoms with Crippen LogP contribution in [0, 0.1) is 6.92 Å². The van der Waals surface area contributed by atoms with Gasteiger partial charge in [-0.25, -0.2) is 4.68 Å². The topological polar surface area (TPSA) is 131 Å². The van der Waals surface area contributed by atoms with Gasteiger partial charge in [-0.3, -0.25) is 14.5 Å². The molecule has 0 spiro atoms. The van der Waals surface area contributed by atoms with Gasteiger partial charge in [-0.05, 0) is 61.0 Å². The summed E-state index contributed by atoms with van der Waals surface area (Å²) in [4.78, 5) is 27.7. The predicted molar refractivity (Wildman–Crippen MR) is 234 cm³/mol. The Bertz CT molecular complexity index is 2790. The maximum Gasteiger partial charge on any atom is 0.193 e. The highest BCUT2D eigenvalue weighted by molar-refractivity contribution is 5.80. The summed E-state index contributed by atoms with van der Waals surface area (Å²) < 4.78 is 37.4. The van der Waals surface area contributed by atoms with E-state index < -0.39 is 0 Å². The molecule has 0 unspecified atom stereocenters. The molecular formula is C49H46N4O8. The van der Waals surface area contributed by atoms with Gasteiger partial charge >= 0.3 is 0 Å². The van der Waals surface area contributed by atoms with Gasteiger partial charge in [0, 0.05) is 55.2 Å². The summed E-state index contributed by atoms with van der Waals surface area (Å²) in [6, 6.07) is 41.3. The van der Waals surface area contributed by atoms with E-state index in [0.29, 0.717) is 111 Å². The van der Waals surface area contributed by atoms with Crippen molar-refractivity contribution in [1.29, 1.82) is 0 Å². The standard InChI is InChI=1S/C49H46N4O8/c1-35-12-19-46-43(28-35)45(55)31-48(60-46)38-13-15-40(16-14-38)59-27-26-57-25-24-56-22-21-53-34-39(50-51-53)33-52(32-36-8-4-2-5-9-36)20-23-58-41-17-18-42-44(54)30-47(61-49(42)29-41)37-10-6-3-7-11-37/h2-19,28-31,34H,20-27,32-33H2,1H3. The number of benzene rings is 5. The fourth-order valence-corrected chi connectivity index (χ4v) is 6.89. The van der Waals surface area contributed by atoms with E-state index in [4.69, 9.17) is 27.8 Å². The van der Waals surface area contributed by atoms with Crippen LogP contribution < -0.4 is 20.3 Å². The first kappa shape index (κ1) is 40.9. The first-order chi connectivity index (χ1) is 29.9. The number of aromatic nitrogens is 3. The molecule has 5 aromatic carbocycles. The Hall–Kier alpha value is -6.86. The molecule has 0 aliphatic rings. The van der Waals surface area contributed by atoms with Crippen molar-refractivity contribution in [2.45, 2.75) is 26.6 Å². The molecule has 0 N–H and O–H groups in total. The Morgan fingerprint density at radius 2 is 1.25 bits per heavy atom. The van der Waals surface area contributed by atoms with Crippen LogP contribution in [0.25, 0.3) is 44.6 Å². The van der Waals surface area contributed by atoms with Gasteiger partial charge in [-0.15, -0.1) is 5.10 Å². The van der Waals surface area contributed by atoms with Gasteiger partial charge in [0.25, 0.3) is 0 Å². The summed E-state index contributed by atoms with van der Waals surface area (Å²) in [6.45, 7) is 6.97. The number of nitrogens with zero attached hydrogens (tertiary/aromatic N) is 4. The van der Waals surface area contributed by atoms with E-state index in [0.717, 1.165) is 22.4 Å². The number of aryl methyl sites for hydroxylation is 1. The predicted octanol–water partition coefficient (Wildman–Crippen LogP) is 8.33. The van der Waals surface area contributed by atoms with Gasteiger partial charge in [0.15, 0.2) is 10.9 Å². The Morgan fingerprint density at radius 1 is 0.590 bits per heavy atom. The van der Waals surface area contributed by atoms with Crippen LogP contribution in [-0.2, 0) is 29.1 Å². The Morgan fingerprint density at radius 3 is 2.03 bits per heavy atom. The molecule has 0 amide bonds. The lowest BCUT2D eigenvalue weighted by atomic mass is 10.1. The number of rotatable bonds is 20. The molecule has 0 bridgehead atoms. The Balaban J connectivity index is 0.751. The summed E-state index contributed by atoms with van der Waals surface area (Å²) in [5.74, 6) is 2.35. The van der Waals surface area contributed by atoms with Gasteiger partial charge < -0.3 is 27.8 Å². The van der Waals surface area contributed by atoms with Crippen molar-refractivity contribution in [3.05, 3.63) is 177 Å². The third-order valence-corrected chi connectivity index (χ3v) is 10.0. The fourth-order valence-electron chi connectivity index (χ4n) is 6.89. The van der Waals surface area contributed by atoms with E-state index in [1.165, 1.54) is 17.7 Å². The number of hydrogen-bond acceptors (Lipinski definition) is 11. The van der Waals surface area contributed by atoms with Crippen LogP contribution in [0.1, 0.15) is 16.8 Å². The second-order valence-electron chi connectivity index (χ2n) is 14.6. The molecule has 0 aliphatic carbocycles. The van der Waals surface area contributed by atoms with Crippen molar-refractivity contribution < 1.29 is 27.8 Å². The molecular weight excluding hydrogens is 773 g/mol. The normalized spacial score (nSPS) is 11.4. The average molecular weight is 819 g/mol. The van der Waals surface area contributed by atoms with E-state index in [1.807, 2.05) is 104 Å². The highest BCUT2D eigenvalue weighted by Gasteiger charge is 2.13. The Kier molecular flexibility index (Phi) is 13.4. The minimum Gasteiger partial charge on any atom is -0.492 e. The van der Waals surface area contributed by atoms with Crippen LogP contribution in [0.2, 0.25) is 0 Å². The first-order valence-electron chi connectivity index (χ1n) is 20.3. The maximum atomic E-state index is 12.8. The summed E-state index contributed by atoms with van der Waals surface area (Å²) in [5.41, 5.74) is 5.55. The average Bonchev–Trinajstić information content (AvgIpc) is 3.73. The number of ether oxygens (including phenoxy) is 4. The maximum absolute atomic E-state index is 12.8. The summed E-state index contributed by atoms with van der Waals surface area (Å²) >= 11 is 0. The minimum atomic E-state index is -0.0975. The largest absolute Gasteiger partial charge is 0.492 e. The zero-order valence-corrected chi connectivity index (χ0v) is 33.9. The highest BCUT2D eigenvalue weighted by atomic mass is 16.5. The first-order valence-corrected chi connectivity index (χ1v) is 20.3. The lowest BCUT2D eigenvalue weighted by Gasteiger charge is -2.21. The monoisotopic (exact) mass is 818 g/mol. The third-order valence-electron chi connectivity index (χ3n) is 10.0. The second-order valence-corrected chi connectivity index (χ2v) is 14.6. The van der Waals surface area contributed by atoms with Crippen LogP contribution in [0.15, 0.2) is 158 Å². The molecule has 61 heavy (non-hydrogen) atoms. The molecule has 12 heteroatoms. The smallest absolute Gasteiger partial charge is 0.193 e. The van der Waals surface area contributed by atoms with E-state index >= 15 is 0 Å². The van der Waals surface area contributed by atoms with Gasteiger partial charge in [-0.2, -0.15) is 0 Å². The molecule has 0 radical (unpaired) electrons. The van der Waals surface area contributed by atoms with E-state index in [2.05, 4.69) is 27.3 Å². The van der Waals surface area contributed by atoms with E-state index in [-0.39, 0.29) is 10.9 Å². The van der Waals surface area contributed by atoms with E-state index in [1.54, 1.807) is 22.9 Å². The van der Waals surface area contributed by atoms with E-state index in [9.17, 15) is 9.59 Å². The van der Waals surface area contributed by atoms with Crippen molar-refractivity contribution in [2.24, 2.45) is 0 Å². The molecule has 8 rings (SSSR count). The van der Waals surface area contributed by atoms with Crippen LogP contribution in [0.3, 0.4) is 0 Å². The molecule has 0 atom stereocenters. The third kappa shape index (κ3) is 11.1. The molecule has 310 valence electrons. The van der Waals surface area contributed by atoms with Crippen molar-refractivity contribution in [1.82, 2.24) is 19.9 Å². The highest BCUT2D eigenvalue weighted by Crippen LogP contribution is 2.26. The van der Waals surface area contributed by atoms with Gasteiger partial charge in [0.05, 0.1) is 49.4 Å². The number of fused-ring (bicyclic) bond motifs is 2. The molecule has 0 saturated heterocycles. The minimum absolute atomic E-state index is 0.0672. The van der Waals surface area contributed by atoms with Crippen molar-refractivity contribution in [2.75, 3.05) is 46.2 Å². The van der Waals surface area contributed by atoms with Crippen molar-refractivity contribution in [3.8, 4) is 34.1 Å². The molecule has 0 fully saturated rings. The zero-order chi connectivity index (χ0) is 41.8. The molecule has 3 heterocycles. The summed E-state index contributed by atoms with van der Waals surface area (Å²) in [7, 11) is 0. The van der Waals surface area contributed by atoms with Crippen LogP contribution in [0.5, 0.6) is 11.5 Å². The SMILES string of the molecule is Cc1ccc2oc(-c3ccc(OCCOCCOCCn4cc(CN(CCOc5ccc6c(=O)cc(-c7ccccc7)oc6c5)Cc5ccccc5)nn4)cc3)cc(=O)c2c1. The van der Waals surface area contributed by atoms with Crippen LogP contribution in [-0.4, -0.2) is 66.1 Å². The van der Waals surface area contributed by atoms with Crippen LogP contribution >= 0.6 is 0 Å². The molecule has 0 aliphatic heterocycles. The molecule has 3 aromatic heterocycles.